The van der Waals surface area contributed by atoms with Crippen LogP contribution in [0.15, 0.2) is 36.4 Å². The summed E-state index contributed by atoms with van der Waals surface area (Å²) >= 11 is 0. The highest BCUT2D eigenvalue weighted by Gasteiger charge is 2.15. The van der Waals surface area contributed by atoms with Crippen LogP contribution in [-0.4, -0.2) is 21.1 Å². The van der Waals surface area contributed by atoms with Crippen LogP contribution in [0.5, 0.6) is 17.2 Å². The molecule has 0 unspecified atom stereocenters. The molecule has 0 spiro atoms. The molecule has 0 aliphatic heterocycles. The molecule has 4 heteroatoms. The summed E-state index contributed by atoms with van der Waals surface area (Å²) in [5.41, 5.74) is 1.22. The molecule has 2 aromatic rings. The van der Waals surface area contributed by atoms with Crippen molar-refractivity contribution in [2.45, 2.75) is 19.8 Å². The van der Waals surface area contributed by atoms with Crippen molar-refractivity contribution in [3.8, 4) is 17.2 Å². The first-order valence-corrected chi connectivity index (χ1v) is 6.41. The van der Waals surface area contributed by atoms with Gasteiger partial charge in [-0.3, -0.25) is 4.79 Å². The Bertz CT molecular complexity index is 647. The van der Waals surface area contributed by atoms with Crippen LogP contribution in [0.3, 0.4) is 0 Å². The molecule has 0 saturated carbocycles. The molecule has 0 atom stereocenters. The summed E-state index contributed by atoms with van der Waals surface area (Å²) in [6.45, 7) is 1.99. The van der Waals surface area contributed by atoms with Crippen LogP contribution < -0.4 is 0 Å². The van der Waals surface area contributed by atoms with E-state index in [-0.39, 0.29) is 28.6 Å². The standard InChI is InChI=1S/C16H16O4/c1-2-3-10-8-11(4-7-14(10)18)16(20)13-6-5-12(17)9-15(13)19/h4-9,17-19H,2-3H2,1H3. The van der Waals surface area contributed by atoms with Gasteiger partial charge in [-0.15, -0.1) is 0 Å². The van der Waals surface area contributed by atoms with E-state index < -0.39 is 0 Å². The molecule has 0 amide bonds. The molecule has 0 bridgehead atoms. The predicted octanol–water partition coefficient (Wildman–Crippen LogP) is 2.99. The first-order valence-electron chi connectivity index (χ1n) is 6.41. The number of hydrogen-bond acceptors (Lipinski definition) is 4. The van der Waals surface area contributed by atoms with Gasteiger partial charge in [0.1, 0.15) is 17.2 Å². The number of carbonyl (C=O) groups is 1. The Balaban J connectivity index is 2.40. The van der Waals surface area contributed by atoms with Gasteiger partial charge < -0.3 is 15.3 Å². The van der Waals surface area contributed by atoms with Crippen LogP contribution in [0.25, 0.3) is 0 Å². The average molecular weight is 272 g/mol. The molecule has 0 aliphatic carbocycles. The highest BCUT2D eigenvalue weighted by Crippen LogP contribution is 2.27. The van der Waals surface area contributed by atoms with E-state index in [0.717, 1.165) is 12.5 Å². The molecule has 2 aromatic carbocycles. The van der Waals surface area contributed by atoms with Crippen LogP contribution >= 0.6 is 0 Å². The maximum absolute atomic E-state index is 12.3. The third-order valence-electron chi connectivity index (χ3n) is 3.09. The predicted molar refractivity (Wildman–Crippen MR) is 75.3 cm³/mol. The van der Waals surface area contributed by atoms with E-state index in [1.165, 1.54) is 24.3 Å². The van der Waals surface area contributed by atoms with Crippen molar-refractivity contribution in [1.82, 2.24) is 0 Å². The van der Waals surface area contributed by atoms with Gasteiger partial charge >= 0.3 is 0 Å². The molecule has 2 rings (SSSR count). The molecule has 0 heterocycles. The summed E-state index contributed by atoms with van der Waals surface area (Å²) < 4.78 is 0. The lowest BCUT2D eigenvalue weighted by Gasteiger charge is -2.08. The van der Waals surface area contributed by atoms with Crippen molar-refractivity contribution in [3.63, 3.8) is 0 Å². The maximum atomic E-state index is 12.3. The monoisotopic (exact) mass is 272 g/mol. The molecule has 104 valence electrons. The van der Waals surface area contributed by atoms with E-state index in [2.05, 4.69) is 0 Å². The van der Waals surface area contributed by atoms with E-state index >= 15 is 0 Å². The number of phenolic OH excluding ortho intramolecular Hbond substituents is 3. The number of rotatable bonds is 4. The molecule has 0 aliphatic rings. The van der Waals surface area contributed by atoms with Crippen LogP contribution in [0.4, 0.5) is 0 Å². The van der Waals surface area contributed by atoms with Crippen molar-refractivity contribution >= 4 is 5.78 Å². The van der Waals surface area contributed by atoms with Crippen LogP contribution in [0.2, 0.25) is 0 Å². The fourth-order valence-corrected chi connectivity index (χ4v) is 2.06. The molecule has 0 fully saturated rings. The molecule has 4 nitrogen and oxygen atoms in total. The van der Waals surface area contributed by atoms with E-state index in [4.69, 9.17) is 0 Å². The number of phenols is 3. The SMILES string of the molecule is CCCc1cc(C(=O)c2ccc(O)cc2O)ccc1O. The summed E-state index contributed by atoms with van der Waals surface area (Å²) in [6.07, 6.45) is 1.53. The molecule has 0 radical (unpaired) electrons. The lowest BCUT2D eigenvalue weighted by molar-refractivity contribution is 0.103. The third kappa shape index (κ3) is 2.74. The molecule has 0 aromatic heterocycles. The summed E-state index contributed by atoms with van der Waals surface area (Å²) in [4.78, 5) is 12.3. The van der Waals surface area contributed by atoms with E-state index in [1.807, 2.05) is 6.92 Å². The lowest BCUT2D eigenvalue weighted by atomic mass is 9.98. The fraction of sp³-hybridized carbons (Fsp3) is 0.188. The maximum Gasteiger partial charge on any atom is 0.196 e. The second-order valence-corrected chi connectivity index (χ2v) is 4.62. The Morgan fingerprint density at radius 1 is 1.00 bits per heavy atom. The van der Waals surface area contributed by atoms with Crippen molar-refractivity contribution in [2.24, 2.45) is 0 Å². The summed E-state index contributed by atoms with van der Waals surface area (Å²) in [6, 6.07) is 8.48. The van der Waals surface area contributed by atoms with Crippen molar-refractivity contribution in [2.75, 3.05) is 0 Å². The Labute approximate surface area is 116 Å². The van der Waals surface area contributed by atoms with Gasteiger partial charge in [0, 0.05) is 11.6 Å². The zero-order valence-corrected chi connectivity index (χ0v) is 11.1. The number of aryl methyl sites for hydroxylation is 1. The van der Waals surface area contributed by atoms with Crippen molar-refractivity contribution < 1.29 is 20.1 Å². The Morgan fingerprint density at radius 2 is 1.75 bits per heavy atom. The molecule has 20 heavy (non-hydrogen) atoms. The van der Waals surface area contributed by atoms with Gasteiger partial charge in [0.2, 0.25) is 0 Å². The van der Waals surface area contributed by atoms with Crippen LogP contribution in [-0.2, 0) is 6.42 Å². The Hall–Kier alpha value is -2.49. The Morgan fingerprint density at radius 3 is 2.40 bits per heavy atom. The second kappa shape index (κ2) is 5.65. The Kier molecular flexibility index (Phi) is 3.94. The van der Waals surface area contributed by atoms with E-state index in [0.29, 0.717) is 17.5 Å². The quantitative estimate of drug-likeness (QED) is 0.748. The number of aromatic hydroxyl groups is 3. The smallest absolute Gasteiger partial charge is 0.196 e. The fourth-order valence-electron chi connectivity index (χ4n) is 2.06. The van der Waals surface area contributed by atoms with E-state index in [9.17, 15) is 20.1 Å². The summed E-state index contributed by atoms with van der Waals surface area (Å²) in [5, 5.41) is 28.7. The number of benzene rings is 2. The first kappa shape index (κ1) is 13.9. The van der Waals surface area contributed by atoms with Crippen molar-refractivity contribution in [3.05, 3.63) is 53.1 Å². The topological polar surface area (TPSA) is 77.8 Å². The molecular formula is C16H16O4. The second-order valence-electron chi connectivity index (χ2n) is 4.62. The van der Waals surface area contributed by atoms with Gasteiger partial charge in [0.15, 0.2) is 5.78 Å². The number of carbonyl (C=O) groups excluding carboxylic acids is 1. The summed E-state index contributed by atoms with van der Waals surface area (Å²) in [5.74, 6) is -0.547. The molecular weight excluding hydrogens is 256 g/mol. The van der Waals surface area contributed by atoms with Crippen molar-refractivity contribution in [1.29, 1.82) is 0 Å². The first-order chi connectivity index (χ1) is 9.52. The van der Waals surface area contributed by atoms with Gasteiger partial charge in [-0.25, -0.2) is 0 Å². The van der Waals surface area contributed by atoms with Gasteiger partial charge in [-0.2, -0.15) is 0 Å². The minimum absolute atomic E-state index is 0.101. The van der Waals surface area contributed by atoms with Gasteiger partial charge in [-0.1, -0.05) is 13.3 Å². The molecule has 3 N–H and O–H groups in total. The minimum atomic E-state index is -0.347. The zero-order chi connectivity index (χ0) is 14.7. The highest BCUT2D eigenvalue weighted by molar-refractivity contribution is 6.10. The normalized spacial score (nSPS) is 10.4. The number of hydrogen-bond donors (Lipinski definition) is 3. The lowest BCUT2D eigenvalue weighted by Crippen LogP contribution is -2.02. The zero-order valence-electron chi connectivity index (χ0n) is 11.1. The average Bonchev–Trinajstić information content (AvgIpc) is 2.41. The number of ketones is 1. The van der Waals surface area contributed by atoms with Gasteiger partial charge in [0.05, 0.1) is 5.56 Å². The summed E-state index contributed by atoms with van der Waals surface area (Å²) in [7, 11) is 0. The largest absolute Gasteiger partial charge is 0.508 e. The van der Waals surface area contributed by atoms with Gasteiger partial charge in [-0.05, 0) is 42.3 Å². The minimum Gasteiger partial charge on any atom is -0.508 e. The molecule has 0 saturated heterocycles. The van der Waals surface area contributed by atoms with Crippen LogP contribution in [0, 0.1) is 0 Å². The highest BCUT2D eigenvalue weighted by atomic mass is 16.3. The third-order valence-corrected chi connectivity index (χ3v) is 3.09. The van der Waals surface area contributed by atoms with E-state index in [1.54, 1.807) is 6.07 Å². The van der Waals surface area contributed by atoms with Crippen LogP contribution in [0.1, 0.15) is 34.8 Å². The van der Waals surface area contributed by atoms with Gasteiger partial charge in [0.25, 0.3) is 0 Å².